The Kier molecular flexibility index (Phi) is 4.90. The fraction of sp³-hybridized carbons (Fsp3) is 0.900. The summed E-state index contributed by atoms with van der Waals surface area (Å²) in [5, 5.41) is 6.02. The summed E-state index contributed by atoms with van der Waals surface area (Å²) in [6.45, 7) is 1.53. The van der Waals surface area contributed by atoms with Crippen LogP contribution in [0.1, 0.15) is 25.7 Å². The first kappa shape index (κ1) is 11.5. The minimum absolute atomic E-state index is 0.0970. The maximum absolute atomic E-state index is 11.0. The lowest BCUT2D eigenvalue weighted by Gasteiger charge is -2.19. The molecule has 1 fully saturated rings. The fourth-order valence-corrected chi connectivity index (χ4v) is 2.08. The molecule has 0 saturated heterocycles. The minimum Gasteiger partial charge on any atom is -0.359 e. The normalized spacial score (nSPS) is 26.4. The molecular formula is C10H21N3O. The Balaban J connectivity index is 2.14. The summed E-state index contributed by atoms with van der Waals surface area (Å²) in [4.78, 5) is 11.0. The van der Waals surface area contributed by atoms with Crippen LogP contribution in [-0.4, -0.2) is 32.1 Å². The average Bonchev–Trinajstić information content (AvgIpc) is 2.65. The van der Waals surface area contributed by atoms with E-state index in [0.717, 1.165) is 13.1 Å². The third kappa shape index (κ3) is 3.27. The molecular weight excluding hydrogens is 178 g/mol. The van der Waals surface area contributed by atoms with Gasteiger partial charge in [-0.2, -0.15) is 0 Å². The third-order valence-electron chi connectivity index (χ3n) is 3.00. The lowest BCUT2D eigenvalue weighted by atomic mass is 10.0. The Labute approximate surface area is 85.6 Å². The fourth-order valence-electron chi connectivity index (χ4n) is 2.08. The number of hydrogen-bond acceptors (Lipinski definition) is 3. The molecule has 4 nitrogen and oxygen atoms in total. The van der Waals surface area contributed by atoms with E-state index in [9.17, 15) is 4.79 Å². The van der Waals surface area contributed by atoms with Crippen LogP contribution in [0.4, 0.5) is 0 Å². The first-order valence-corrected chi connectivity index (χ1v) is 5.42. The van der Waals surface area contributed by atoms with Gasteiger partial charge in [0.05, 0.1) is 0 Å². The third-order valence-corrected chi connectivity index (χ3v) is 3.00. The van der Waals surface area contributed by atoms with Gasteiger partial charge in [-0.05, 0) is 25.3 Å². The Bertz CT molecular complexity index is 184. The summed E-state index contributed by atoms with van der Waals surface area (Å²) in [5.41, 5.74) is 5.66. The second-order valence-corrected chi connectivity index (χ2v) is 3.91. The minimum atomic E-state index is 0.0970. The highest BCUT2D eigenvalue weighted by atomic mass is 16.1. The van der Waals surface area contributed by atoms with E-state index in [1.54, 1.807) is 7.05 Å². The molecule has 4 heteroatoms. The molecule has 1 amide bonds. The van der Waals surface area contributed by atoms with Crippen molar-refractivity contribution in [1.29, 1.82) is 0 Å². The molecule has 14 heavy (non-hydrogen) atoms. The molecule has 1 saturated carbocycles. The largest absolute Gasteiger partial charge is 0.359 e. The lowest BCUT2D eigenvalue weighted by molar-refractivity contribution is -0.120. The maximum atomic E-state index is 11.0. The van der Waals surface area contributed by atoms with Crippen molar-refractivity contribution in [3.8, 4) is 0 Å². The van der Waals surface area contributed by atoms with E-state index in [1.807, 2.05) is 0 Å². The van der Waals surface area contributed by atoms with Gasteiger partial charge in [-0.3, -0.25) is 4.79 Å². The molecule has 4 N–H and O–H groups in total. The molecule has 0 aliphatic heterocycles. The van der Waals surface area contributed by atoms with Crippen LogP contribution in [0.5, 0.6) is 0 Å². The van der Waals surface area contributed by atoms with Crippen molar-refractivity contribution in [2.24, 2.45) is 11.7 Å². The predicted molar refractivity (Wildman–Crippen MR) is 56.9 cm³/mol. The number of amides is 1. The molecule has 2 unspecified atom stereocenters. The first-order valence-electron chi connectivity index (χ1n) is 5.42. The van der Waals surface area contributed by atoms with Crippen LogP contribution in [0, 0.1) is 5.92 Å². The van der Waals surface area contributed by atoms with Gasteiger partial charge in [0.2, 0.25) is 5.91 Å². The molecule has 0 bridgehead atoms. The Morgan fingerprint density at radius 1 is 1.50 bits per heavy atom. The second kappa shape index (κ2) is 5.98. The van der Waals surface area contributed by atoms with Gasteiger partial charge in [-0.15, -0.1) is 0 Å². The van der Waals surface area contributed by atoms with Crippen LogP contribution < -0.4 is 16.4 Å². The van der Waals surface area contributed by atoms with E-state index >= 15 is 0 Å². The molecule has 0 spiro atoms. The molecule has 82 valence electrons. The van der Waals surface area contributed by atoms with Gasteiger partial charge in [0, 0.05) is 26.1 Å². The number of carbonyl (C=O) groups excluding carboxylic acids is 1. The number of nitrogens with two attached hydrogens (primary N) is 1. The van der Waals surface area contributed by atoms with Crippen LogP contribution in [0.3, 0.4) is 0 Å². The first-order chi connectivity index (χ1) is 6.77. The Morgan fingerprint density at radius 2 is 2.29 bits per heavy atom. The average molecular weight is 199 g/mol. The number of carbonyl (C=O) groups is 1. The van der Waals surface area contributed by atoms with Gasteiger partial charge in [0.25, 0.3) is 0 Å². The number of hydrogen-bond donors (Lipinski definition) is 3. The molecule has 0 aromatic carbocycles. The van der Waals surface area contributed by atoms with Crippen molar-refractivity contribution < 1.29 is 4.79 Å². The van der Waals surface area contributed by atoms with E-state index in [1.165, 1.54) is 19.3 Å². The molecule has 0 aromatic heterocycles. The van der Waals surface area contributed by atoms with Gasteiger partial charge in [-0.1, -0.05) is 6.42 Å². The van der Waals surface area contributed by atoms with Crippen molar-refractivity contribution in [2.45, 2.75) is 31.7 Å². The predicted octanol–water partition coefficient (Wildman–Crippen LogP) is -0.160. The molecule has 1 aliphatic rings. The molecule has 2 atom stereocenters. The Morgan fingerprint density at radius 3 is 2.93 bits per heavy atom. The van der Waals surface area contributed by atoms with E-state index in [0.29, 0.717) is 18.4 Å². The van der Waals surface area contributed by atoms with Crippen molar-refractivity contribution in [3.05, 3.63) is 0 Å². The summed E-state index contributed by atoms with van der Waals surface area (Å²) >= 11 is 0. The van der Waals surface area contributed by atoms with Crippen LogP contribution in [0.2, 0.25) is 0 Å². The van der Waals surface area contributed by atoms with Crippen LogP contribution >= 0.6 is 0 Å². The van der Waals surface area contributed by atoms with Crippen molar-refractivity contribution in [2.75, 3.05) is 20.1 Å². The summed E-state index contributed by atoms with van der Waals surface area (Å²) in [6.07, 6.45) is 4.26. The molecule has 0 heterocycles. The maximum Gasteiger partial charge on any atom is 0.221 e. The quantitative estimate of drug-likeness (QED) is 0.576. The standard InChI is InChI=1S/C10H21N3O/c1-12-10(14)5-6-13-9-4-2-3-8(9)7-11/h8-9,13H,2-7,11H2,1H3,(H,12,14). The molecule has 0 aromatic rings. The summed E-state index contributed by atoms with van der Waals surface area (Å²) in [7, 11) is 1.67. The number of nitrogens with one attached hydrogen (secondary N) is 2. The topological polar surface area (TPSA) is 67.2 Å². The van der Waals surface area contributed by atoms with Gasteiger partial charge in [-0.25, -0.2) is 0 Å². The van der Waals surface area contributed by atoms with E-state index in [-0.39, 0.29) is 5.91 Å². The number of rotatable bonds is 5. The lowest BCUT2D eigenvalue weighted by Crippen LogP contribution is -2.37. The van der Waals surface area contributed by atoms with Gasteiger partial charge in [0.1, 0.15) is 0 Å². The molecule has 0 radical (unpaired) electrons. The van der Waals surface area contributed by atoms with Crippen molar-refractivity contribution in [3.63, 3.8) is 0 Å². The van der Waals surface area contributed by atoms with E-state index < -0.39 is 0 Å². The SMILES string of the molecule is CNC(=O)CCNC1CCCC1CN. The summed E-state index contributed by atoms with van der Waals surface area (Å²) in [6, 6.07) is 0.532. The second-order valence-electron chi connectivity index (χ2n) is 3.91. The smallest absolute Gasteiger partial charge is 0.221 e. The zero-order chi connectivity index (χ0) is 10.4. The van der Waals surface area contributed by atoms with Gasteiger partial charge < -0.3 is 16.4 Å². The Hall–Kier alpha value is -0.610. The highest BCUT2D eigenvalue weighted by Crippen LogP contribution is 2.24. The van der Waals surface area contributed by atoms with Gasteiger partial charge in [0.15, 0.2) is 0 Å². The van der Waals surface area contributed by atoms with E-state index in [2.05, 4.69) is 10.6 Å². The zero-order valence-electron chi connectivity index (χ0n) is 8.88. The highest BCUT2D eigenvalue weighted by Gasteiger charge is 2.25. The van der Waals surface area contributed by atoms with Crippen molar-refractivity contribution >= 4 is 5.91 Å². The monoisotopic (exact) mass is 199 g/mol. The van der Waals surface area contributed by atoms with Crippen molar-refractivity contribution in [1.82, 2.24) is 10.6 Å². The molecule has 1 rings (SSSR count). The zero-order valence-corrected chi connectivity index (χ0v) is 8.88. The van der Waals surface area contributed by atoms with Crippen LogP contribution in [0.15, 0.2) is 0 Å². The molecule has 1 aliphatic carbocycles. The summed E-state index contributed by atoms with van der Waals surface area (Å²) in [5.74, 6) is 0.708. The van der Waals surface area contributed by atoms with Gasteiger partial charge >= 0.3 is 0 Å². The van der Waals surface area contributed by atoms with E-state index in [4.69, 9.17) is 5.73 Å². The summed E-state index contributed by atoms with van der Waals surface area (Å²) < 4.78 is 0. The van der Waals surface area contributed by atoms with Crippen LogP contribution in [-0.2, 0) is 4.79 Å². The highest BCUT2D eigenvalue weighted by molar-refractivity contribution is 5.75. The van der Waals surface area contributed by atoms with Crippen LogP contribution in [0.25, 0.3) is 0 Å².